The second-order valence-electron chi connectivity index (χ2n) is 7.44. The highest BCUT2D eigenvalue weighted by atomic mass is 35.5. The van der Waals surface area contributed by atoms with Gasteiger partial charge in [0.1, 0.15) is 23.8 Å². The van der Waals surface area contributed by atoms with Gasteiger partial charge < -0.3 is 19.7 Å². The van der Waals surface area contributed by atoms with Crippen molar-refractivity contribution >= 4 is 29.1 Å². The number of hydrogen-bond acceptors (Lipinski definition) is 4. The van der Waals surface area contributed by atoms with Gasteiger partial charge in [0.25, 0.3) is 11.8 Å². The highest BCUT2D eigenvalue weighted by Crippen LogP contribution is 2.39. The van der Waals surface area contributed by atoms with Crippen LogP contribution < -0.4 is 10.2 Å². The topological polar surface area (TPSA) is 67.9 Å². The Morgan fingerprint density at radius 2 is 2.04 bits per heavy atom. The molecule has 3 heterocycles. The summed E-state index contributed by atoms with van der Waals surface area (Å²) in [7, 11) is 0. The van der Waals surface area contributed by atoms with Gasteiger partial charge in [-0.2, -0.15) is 0 Å². The highest BCUT2D eigenvalue weighted by Gasteiger charge is 2.57. The summed E-state index contributed by atoms with van der Waals surface area (Å²) in [6.45, 7) is 3.55. The molecule has 4 rings (SSSR count). The zero-order chi connectivity index (χ0) is 19.5. The first-order valence-corrected chi connectivity index (χ1v) is 9.21. The number of fused-ring (bicyclic) bond motifs is 2. The van der Waals surface area contributed by atoms with Crippen LogP contribution in [0.15, 0.2) is 6.07 Å². The van der Waals surface area contributed by atoms with E-state index in [1.165, 1.54) is 4.90 Å². The minimum atomic E-state index is -1.02. The van der Waals surface area contributed by atoms with E-state index in [1.807, 2.05) is 0 Å². The van der Waals surface area contributed by atoms with Gasteiger partial charge in [-0.3, -0.25) is 9.59 Å². The fourth-order valence-electron chi connectivity index (χ4n) is 3.98. The van der Waals surface area contributed by atoms with Crippen LogP contribution in [0.4, 0.5) is 14.5 Å². The molecule has 2 fully saturated rings. The molecule has 3 aliphatic rings. The number of carbonyl (C=O) groups excluding carboxylic acids is 2. The normalized spacial score (nSPS) is 29.1. The average Bonchev–Trinajstić information content (AvgIpc) is 2.95. The molecule has 0 saturated carbocycles. The first-order chi connectivity index (χ1) is 12.7. The lowest BCUT2D eigenvalue weighted by molar-refractivity contribution is -0.164. The van der Waals surface area contributed by atoms with Crippen LogP contribution in [0.3, 0.4) is 0 Å². The van der Waals surface area contributed by atoms with Gasteiger partial charge in [0.15, 0.2) is 11.9 Å². The van der Waals surface area contributed by atoms with Crippen molar-refractivity contribution in [3.63, 3.8) is 0 Å². The van der Waals surface area contributed by atoms with Gasteiger partial charge in [0.05, 0.1) is 10.7 Å². The van der Waals surface area contributed by atoms with Gasteiger partial charge in [0.2, 0.25) is 0 Å². The van der Waals surface area contributed by atoms with E-state index in [1.54, 1.807) is 13.8 Å². The van der Waals surface area contributed by atoms with E-state index in [0.717, 1.165) is 0 Å². The Balaban J connectivity index is 1.71. The summed E-state index contributed by atoms with van der Waals surface area (Å²) in [6.07, 6.45) is -0.125. The molecule has 2 saturated heterocycles. The maximum absolute atomic E-state index is 14.6. The second-order valence-corrected chi connectivity index (χ2v) is 7.81. The first-order valence-electron chi connectivity index (χ1n) is 8.83. The maximum atomic E-state index is 14.6. The molecule has 2 amide bonds. The van der Waals surface area contributed by atoms with E-state index in [2.05, 4.69) is 5.32 Å². The Hall–Kier alpha value is -1.77. The molecule has 6 nitrogen and oxygen atoms in total. The van der Waals surface area contributed by atoms with E-state index >= 15 is 0 Å². The van der Waals surface area contributed by atoms with Crippen molar-refractivity contribution in [2.45, 2.75) is 57.1 Å². The molecular formula is C18H19ClF2N2O4. The third kappa shape index (κ3) is 2.99. The number of nitrogens with one attached hydrogen (secondary N) is 1. The molecule has 27 heavy (non-hydrogen) atoms. The van der Waals surface area contributed by atoms with Gasteiger partial charge in [-0.05, 0) is 33.1 Å². The van der Waals surface area contributed by atoms with Gasteiger partial charge in [-0.1, -0.05) is 11.6 Å². The fourth-order valence-corrected chi connectivity index (χ4v) is 4.22. The van der Waals surface area contributed by atoms with Crippen LogP contribution in [0, 0.1) is 11.6 Å². The average molecular weight is 401 g/mol. The Labute approximate surface area is 159 Å². The van der Waals surface area contributed by atoms with E-state index in [4.69, 9.17) is 21.1 Å². The number of benzene rings is 1. The summed E-state index contributed by atoms with van der Waals surface area (Å²) in [5.41, 5.74) is 0.240. The molecule has 0 radical (unpaired) electrons. The summed E-state index contributed by atoms with van der Waals surface area (Å²) < 4.78 is 39.8. The van der Waals surface area contributed by atoms with Crippen LogP contribution in [-0.4, -0.2) is 42.4 Å². The summed E-state index contributed by atoms with van der Waals surface area (Å²) in [5.74, 6) is -3.68. The monoisotopic (exact) mass is 400 g/mol. The molecule has 1 aromatic carbocycles. The van der Waals surface area contributed by atoms with Crippen molar-refractivity contribution in [2.75, 3.05) is 11.4 Å². The van der Waals surface area contributed by atoms with Gasteiger partial charge in [-0.25, -0.2) is 8.78 Å². The van der Waals surface area contributed by atoms with E-state index in [-0.39, 0.29) is 22.8 Å². The largest absolute Gasteiger partial charge is 0.341 e. The van der Waals surface area contributed by atoms with Crippen molar-refractivity contribution in [3.8, 4) is 0 Å². The summed E-state index contributed by atoms with van der Waals surface area (Å²) in [4.78, 5) is 26.7. The lowest BCUT2D eigenvalue weighted by Gasteiger charge is -2.29. The van der Waals surface area contributed by atoms with E-state index < -0.39 is 47.5 Å². The molecule has 1 N–H and O–H groups in total. The van der Waals surface area contributed by atoms with E-state index in [0.29, 0.717) is 25.3 Å². The van der Waals surface area contributed by atoms with Crippen LogP contribution in [-0.2, 0) is 25.5 Å². The predicted octanol–water partition coefficient (Wildman–Crippen LogP) is 2.31. The number of ether oxygens (including phenoxy) is 2. The van der Waals surface area contributed by atoms with Gasteiger partial charge >= 0.3 is 0 Å². The van der Waals surface area contributed by atoms with Crippen molar-refractivity contribution in [1.82, 2.24) is 5.32 Å². The Bertz CT molecular complexity index is 832. The maximum Gasteiger partial charge on any atom is 0.252 e. The lowest BCUT2D eigenvalue weighted by atomic mass is 10.1. The lowest BCUT2D eigenvalue weighted by Crippen LogP contribution is -2.50. The van der Waals surface area contributed by atoms with Crippen molar-refractivity contribution in [3.05, 3.63) is 28.3 Å². The standard InChI is InChI=1S/C18H19ClF2N2O4/c1-18(2)26-14-12(22-16(24)15(14)27-18)17(25)23-6-4-3-5-8-11(19)9(20)7-10(21)13(8)23/h7,12,14-15H,3-6H2,1-2H3,(H,22,24)/t12-,14-,15-/m0/s1. The molecular weight excluding hydrogens is 382 g/mol. The molecule has 0 spiro atoms. The van der Waals surface area contributed by atoms with Crippen LogP contribution >= 0.6 is 11.6 Å². The summed E-state index contributed by atoms with van der Waals surface area (Å²) >= 11 is 6.04. The van der Waals surface area contributed by atoms with Crippen LogP contribution in [0.25, 0.3) is 0 Å². The van der Waals surface area contributed by atoms with Crippen LogP contribution in [0.2, 0.25) is 5.02 Å². The number of nitrogens with zero attached hydrogens (tertiary/aromatic N) is 1. The number of carbonyl (C=O) groups is 2. The Morgan fingerprint density at radius 1 is 1.30 bits per heavy atom. The van der Waals surface area contributed by atoms with Gasteiger partial charge in [0, 0.05) is 18.2 Å². The molecule has 9 heteroatoms. The number of amides is 2. The van der Waals surface area contributed by atoms with Crippen molar-refractivity contribution in [1.29, 1.82) is 0 Å². The zero-order valence-electron chi connectivity index (χ0n) is 14.9. The predicted molar refractivity (Wildman–Crippen MR) is 92.4 cm³/mol. The van der Waals surface area contributed by atoms with E-state index in [9.17, 15) is 18.4 Å². The Morgan fingerprint density at radius 3 is 2.78 bits per heavy atom. The molecule has 146 valence electrons. The molecule has 0 unspecified atom stereocenters. The number of rotatable bonds is 1. The molecule has 0 bridgehead atoms. The number of anilines is 1. The van der Waals surface area contributed by atoms with Crippen molar-refractivity contribution in [2.24, 2.45) is 0 Å². The fraction of sp³-hybridized carbons (Fsp3) is 0.556. The highest BCUT2D eigenvalue weighted by molar-refractivity contribution is 6.32. The molecule has 1 aromatic rings. The molecule has 3 aliphatic heterocycles. The molecule has 0 aliphatic carbocycles. The Kier molecular flexibility index (Phi) is 4.40. The molecule has 3 atom stereocenters. The van der Waals surface area contributed by atoms with Crippen molar-refractivity contribution < 1.29 is 27.8 Å². The summed E-state index contributed by atoms with van der Waals surface area (Å²) in [5, 5.41) is 2.40. The van der Waals surface area contributed by atoms with Crippen LogP contribution in [0.5, 0.6) is 0 Å². The minimum Gasteiger partial charge on any atom is -0.341 e. The minimum absolute atomic E-state index is 0.0280. The number of halogens is 3. The molecule has 0 aromatic heterocycles. The quantitative estimate of drug-likeness (QED) is 0.734. The number of hydrogen-bond donors (Lipinski definition) is 1. The SMILES string of the molecule is CC1(C)O[C@H]2[C@@H](C(=O)N3CCCCc4c(Cl)c(F)cc(F)c43)NC(=O)[C@H]2O1. The first kappa shape index (κ1) is 18.6. The third-order valence-corrected chi connectivity index (χ3v) is 5.52. The smallest absolute Gasteiger partial charge is 0.252 e. The third-order valence-electron chi connectivity index (χ3n) is 5.11. The van der Waals surface area contributed by atoms with Gasteiger partial charge in [-0.15, -0.1) is 0 Å². The summed E-state index contributed by atoms with van der Waals surface area (Å²) in [6, 6.07) is -0.334. The zero-order valence-corrected chi connectivity index (χ0v) is 15.6. The van der Waals surface area contributed by atoms with Crippen LogP contribution in [0.1, 0.15) is 32.3 Å². The second kappa shape index (κ2) is 6.39.